The second-order valence-electron chi connectivity index (χ2n) is 5.17. The van der Waals surface area contributed by atoms with Crippen LogP contribution in [0.4, 0.5) is 0 Å². The average Bonchev–Trinajstić information content (AvgIpc) is 2.94. The first-order valence-electron chi connectivity index (χ1n) is 7.09. The van der Waals surface area contributed by atoms with Gasteiger partial charge in [0.25, 0.3) is 0 Å². The summed E-state index contributed by atoms with van der Waals surface area (Å²) >= 11 is 5.80. The van der Waals surface area contributed by atoms with Crippen LogP contribution in [0.2, 0.25) is 5.02 Å². The molecule has 1 N–H and O–H groups in total. The van der Waals surface area contributed by atoms with Gasteiger partial charge in [-0.2, -0.15) is 4.31 Å². The molecule has 0 spiro atoms. The van der Waals surface area contributed by atoms with E-state index in [-0.39, 0.29) is 12.6 Å². The topological polar surface area (TPSA) is 57.6 Å². The highest BCUT2D eigenvalue weighted by atomic mass is 35.5. The Labute approximate surface area is 131 Å². The molecule has 1 aliphatic heterocycles. The van der Waals surface area contributed by atoms with Gasteiger partial charge in [0.15, 0.2) is 0 Å². The van der Waals surface area contributed by atoms with Crippen molar-refractivity contribution in [2.45, 2.75) is 31.7 Å². The van der Waals surface area contributed by atoms with Gasteiger partial charge in [-0.15, -0.1) is 0 Å². The summed E-state index contributed by atoms with van der Waals surface area (Å²) in [7, 11) is -3.41. The lowest BCUT2D eigenvalue weighted by Crippen LogP contribution is -2.34. The molecule has 2 rings (SSSR count). The largest absolute Gasteiger partial charge is 0.396 e. The summed E-state index contributed by atoms with van der Waals surface area (Å²) in [5, 5.41) is 10.8. The lowest BCUT2D eigenvalue weighted by Gasteiger charge is -2.22. The summed E-state index contributed by atoms with van der Waals surface area (Å²) in [6.07, 6.45) is 4.69. The Morgan fingerprint density at radius 2 is 2.05 bits per heavy atom. The quantitative estimate of drug-likeness (QED) is 0.873. The third-order valence-corrected chi connectivity index (χ3v) is 5.51. The zero-order valence-electron chi connectivity index (χ0n) is 11.8. The number of sulfonamides is 1. The maximum absolute atomic E-state index is 12.4. The maximum atomic E-state index is 12.4. The highest BCUT2D eigenvalue weighted by Crippen LogP contribution is 2.25. The lowest BCUT2D eigenvalue weighted by atomic mass is 10.1. The number of benzene rings is 1. The van der Waals surface area contributed by atoms with Crippen molar-refractivity contribution >= 4 is 27.7 Å². The Morgan fingerprint density at radius 3 is 2.71 bits per heavy atom. The molecule has 1 fully saturated rings. The van der Waals surface area contributed by atoms with Crippen LogP contribution in [-0.2, 0) is 10.0 Å². The van der Waals surface area contributed by atoms with E-state index in [0.717, 1.165) is 18.4 Å². The molecule has 0 aliphatic carbocycles. The van der Waals surface area contributed by atoms with Crippen molar-refractivity contribution in [2.75, 3.05) is 13.2 Å². The highest BCUT2D eigenvalue weighted by Gasteiger charge is 2.31. The zero-order valence-corrected chi connectivity index (χ0v) is 13.4. The van der Waals surface area contributed by atoms with Crippen LogP contribution in [0.15, 0.2) is 29.7 Å². The van der Waals surface area contributed by atoms with Crippen molar-refractivity contribution < 1.29 is 13.5 Å². The lowest BCUT2D eigenvalue weighted by molar-refractivity contribution is 0.264. The molecule has 4 nitrogen and oxygen atoms in total. The van der Waals surface area contributed by atoms with E-state index in [9.17, 15) is 8.42 Å². The van der Waals surface area contributed by atoms with Gasteiger partial charge in [-0.1, -0.05) is 23.7 Å². The first-order valence-corrected chi connectivity index (χ1v) is 8.97. The van der Waals surface area contributed by atoms with E-state index in [4.69, 9.17) is 16.7 Å². The van der Waals surface area contributed by atoms with E-state index in [0.29, 0.717) is 24.4 Å². The molecule has 0 amide bonds. The molecule has 0 aromatic heterocycles. The van der Waals surface area contributed by atoms with Crippen molar-refractivity contribution in [1.82, 2.24) is 4.31 Å². The molecule has 21 heavy (non-hydrogen) atoms. The van der Waals surface area contributed by atoms with Gasteiger partial charge < -0.3 is 5.11 Å². The molecular weight excluding hydrogens is 310 g/mol. The summed E-state index contributed by atoms with van der Waals surface area (Å²) in [5.74, 6) is 0. The fraction of sp³-hybridized carbons (Fsp3) is 0.467. The zero-order chi connectivity index (χ0) is 15.3. The molecule has 1 aliphatic rings. The van der Waals surface area contributed by atoms with E-state index >= 15 is 0 Å². The third kappa shape index (κ3) is 4.54. The Balaban J connectivity index is 2.08. The number of rotatable bonds is 6. The van der Waals surface area contributed by atoms with Crippen molar-refractivity contribution in [3.63, 3.8) is 0 Å². The van der Waals surface area contributed by atoms with Crippen LogP contribution in [0.5, 0.6) is 0 Å². The fourth-order valence-electron chi connectivity index (χ4n) is 2.58. The third-order valence-electron chi connectivity index (χ3n) is 3.65. The van der Waals surface area contributed by atoms with Crippen molar-refractivity contribution in [1.29, 1.82) is 0 Å². The number of hydrogen-bond acceptors (Lipinski definition) is 3. The maximum Gasteiger partial charge on any atom is 0.236 e. The summed E-state index contributed by atoms with van der Waals surface area (Å²) in [6, 6.07) is 7.03. The van der Waals surface area contributed by atoms with Crippen LogP contribution in [0, 0.1) is 0 Å². The second-order valence-corrected chi connectivity index (χ2v) is 7.38. The van der Waals surface area contributed by atoms with Crippen LogP contribution in [0.25, 0.3) is 6.08 Å². The van der Waals surface area contributed by atoms with Gasteiger partial charge in [0.05, 0.1) is 0 Å². The summed E-state index contributed by atoms with van der Waals surface area (Å²) < 4.78 is 26.3. The Bertz CT molecular complexity index is 583. The predicted molar refractivity (Wildman–Crippen MR) is 85.5 cm³/mol. The predicted octanol–water partition coefficient (Wildman–Crippen LogP) is 2.88. The second kappa shape index (κ2) is 7.40. The van der Waals surface area contributed by atoms with Gasteiger partial charge in [-0.25, -0.2) is 8.42 Å². The van der Waals surface area contributed by atoms with Crippen LogP contribution >= 0.6 is 11.6 Å². The van der Waals surface area contributed by atoms with Crippen LogP contribution in [0.1, 0.15) is 31.2 Å². The van der Waals surface area contributed by atoms with Crippen molar-refractivity contribution in [3.8, 4) is 0 Å². The standard InChI is InChI=1S/C15H20ClNO3S/c16-14-7-5-13(6-8-14)9-12-21(19,20)17-10-1-3-15(17)4-2-11-18/h5-9,12,15,18H,1-4,10-11H2. The van der Waals surface area contributed by atoms with Gasteiger partial charge in [0.2, 0.25) is 10.0 Å². The highest BCUT2D eigenvalue weighted by molar-refractivity contribution is 7.92. The Kier molecular flexibility index (Phi) is 5.81. The molecule has 1 heterocycles. The molecule has 1 aromatic carbocycles. The Morgan fingerprint density at radius 1 is 1.33 bits per heavy atom. The molecule has 1 atom stereocenters. The molecule has 6 heteroatoms. The number of aliphatic hydroxyl groups excluding tert-OH is 1. The molecule has 0 saturated carbocycles. The first kappa shape index (κ1) is 16.5. The van der Waals surface area contributed by atoms with Crippen LogP contribution in [-0.4, -0.2) is 37.0 Å². The van der Waals surface area contributed by atoms with E-state index in [1.54, 1.807) is 34.6 Å². The normalized spacial score (nSPS) is 20.4. The van der Waals surface area contributed by atoms with E-state index in [1.165, 1.54) is 5.41 Å². The molecule has 0 radical (unpaired) electrons. The number of aliphatic hydroxyl groups is 1. The van der Waals surface area contributed by atoms with Gasteiger partial charge in [0.1, 0.15) is 0 Å². The smallest absolute Gasteiger partial charge is 0.236 e. The molecule has 1 unspecified atom stereocenters. The number of nitrogens with zero attached hydrogens (tertiary/aromatic N) is 1. The van der Waals surface area contributed by atoms with Crippen molar-refractivity contribution in [2.24, 2.45) is 0 Å². The minimum atomic E-state index is -3.41. The summed E-state index contributed by atoms with van der Waals surface area (Å²) in [6.45, 7) is 0.661. The van der Waals surface area contributed by atoms with E-state index < -0.39 is 10.0 Å². The number of hydrogen-bond donors (Lipinski definition) is 1. The average molecular weight is 330 g/mol. The monoisotopic (exact) mass is 329 g/mol. The van der Waals surface area contributed by atoms with Crippen molar-refractivity contribution in [3.05, 3.63) is 40.3 Å². The van der Waals surface area contributed by atoms with E-state index in [1.807, 2.05) is 0 Å². The molecule has 1 aromatic rings. The number of halogens is 1. The first-order chi connectivity index (χ1) is 10.0. The van der Waals surface area contributed by atoms with Gasteiger partial charge >= 0.3 is 0 Å². The van der Waals surface area contributed by atoms with Gasteiger partial charge in [-0.05, 0) is 49.5 Å². The SMILES string of the molecule is O=S(=O)(C=Cc1ccc(Cl)cc1)N1CCCC1CCCO. The molecular formula is C15H20ClNO3S. The fourth-order valence-corrected chi connectivity index (χ4v) is 4.20. The molecule has 116 valence electrons. The minimum absolute atomic E-state index is 0.0111. The van der Waals surface area contributed by atoms with Gasteiger partial charge in [0, 0.05) is 29.6 Å². The molecule has 1 saturated heterocycles. The summed E-state index contributed by atoms with van der Waals surface area (Å²) in [5.41, 5.74) is 0.800. The summed E-state index contributed by atoms with van der Waals surface area (Å²) in [4.78, 5) is 0. The minimum Gasteiger partial charge on any atom is -0.396 e. The van der Waals surface area contributed by atoms with Crippen LogP contribution in [0.3, 0.4) is 0 Å². The van der Waals surface area contributed by atoms with Gasteiger partial charge in [-0.3, -0.25) is 0 Å². The van der Waals surface area contributed by atoms with E-state index in [2.05, 4.69) is 0 Å². The molecule has 0 bridgehead atoms. The van der Waals surface area contributed by atoms with Crippen LogP contribution < -0.4 is 0 Å². The Hall–Kier alpha value is -0.880.